The Morgan fingerprint density at radius 2 is 1.76 bits per heavy atom. The van der Waals surface area contributed by atoms with Crippen LogP contribution in [0.25, 0.3) is 0 Å². The molecule has 1 N–H and O–H groups in total. The SMILES string of the molecule is C=C1C(C[C@@H]2O[C@H]3C[C@@H](C)[C@@H](CCC)O[C@H]3[C@H](C)[C@H]2OCc2ccc(OC)cc2)O[C@@H](CCCO)C[C@H]1C. The van der Waals surface area contributed by atoms with E-state index in [2.05, 4.69) is 46.4 Å². The first kappa shape index (κ1) is 29.5. The quantitative estimate of drug-likeness (QED) is 0.349. The molecule has 214 valence electrons. The highest BCUT2D eigenvalue weighted by molar-refractivity contribution is 5.26. The molecule has 10 atom stereocenters. The molecule has 3 fully saturated rings. The first-order chi connectivity index (χ1) is 18.3. The molecule has 1 unspecified atom stereocenters. The van der Waals surface area contributed by atoms with Gasteiger partial charge in [-0.05, 0) is 67.2 Å². The van der Waals surface area contributed by atoms with E-state index in [4.69, 9.17) is 23.7 Å². The predicted octanol–water partition coefficient (Wildman–Crippen LogP) is 6.09. The third-order valence-corrected chi connectivity index (χ3v) is 9.01. The van der Waals surface area contributed by atoms with Gasteiger partial charge in [0.25, 0.3) is 0 Å². The molecule has 6 heteroatoms. The Labute approximate surface area is 230 Å². The van der Waals surface area contributed by atoms with Crippen LogP contribution in [0.15, 0.2) is 36.4 Å². The average Bonchev–Trinajstić information content (AvgIpc) is 2.91. The lowest BCUT2D eigenvalue weighted by molar-refractivity contribution is -0.269. The van der Waals surface area contributed by atoms with E-state index >= 15 is 0 Å². The van der Waals surface area contributed by atoms with Crippen molar-refractivity contribution in [2.75, 3.05) is 13.7 Å². The largest absolute Gasteiger partial charge is 0.497 e. The van der Waals surface area contributed by atoms with Gasteiger partial charge in [-0.25, -0.2) is 0 Å². The number of aliphatic hydroxyl groups excluding tert-OH is 1. The fourth-order valence-electron chi connectivity index (χ4n) is 6.66. The summed E-state index contributed by atoms with van der Waals surface area (Å²) in [6.45, 7) is 14.2. The van der Waals surface area contributed by atoms with E-state index in [1.165, 1.54) is 0 Å². The second-order valence-corrected chi connectivity index (χ2v) is 11.9. The van der Waals surface area contributed by atoms with Crippen LogP contribution in [0.1, 0.15) is 78.2 Å². The molecule has 0 radical (unpaired) electrons. The van der Waals surface area contributed by atoms with Crippen molar-refractivity contribution in [1.82, 2.24) is 0 Å². The molecule has 3 aliphatic rings. The van der Waals surface area contributed by atoms with Crippen molar-refractivity contribution in [2.24, 2.45) is 17.8 Å². The smallest absolute Gasteiger partial charge is 0.118 e. The lowest BCUT2D eigenvalue weighted by Gasteiger charge is -2.51. The lowest BCUT2D eigenvalue weighted by Crippen LogP contribution is -2.59. The standard InChI is InChI=1S/C32H50O6/c1-7-9-27-21(3)17-29-32(38-27)23(5)31(35-19-24-11-13-25(34-6)14-12-24)30(37-29)18-28-22(4)20(2)16-26(36-28)10-8-15-33/h11-14,20-21,23,26-33H,4,7-10,15-19H2,1-3,5-6H3/t20-,21-,23-,26+,27-,28?,29+,30+,31-,32+/m1/s1. The van der Waals surface area contributed by atoms with Gasteiger partial charge in [-0.15, -0.1) is 0 Å². The summed E-state index contributed by atoms with van der Waals surface area (Å²) in [6, 6.07) is 8.06. The number of hydrogen-bond donors (Lipinski definition) is 1. The third-order valence-electron chi connectivity index (χ3n) is 9.01. The molecule has 3 saturated heterocycles. The minimum Gasteiger partial charge on any atom is -0.497 e. The fourth-order valence-corrected chi connectivity index (χ4v) is 6.66. The van der Waals surface area contributed by atoms with E-state index < -0.39 is 0 Å². The van der Waals surface area contributed by atoms with Crippen molar-refractivity contribution in [3.63, 3.8) is 0 Å². The molecule has 4 rings (SSSR count). The number of ether oxygens (including phenoxy) is 5. The van der Waals surface area contributed by atoms with Gasteiger partial charge in [0.05, 0.1) is 56.4 Å². The predicted molar refractivity (Wildman–Crippen MR) is 149 cm³/mol. The van der Waals surface area contributed by atoms with Gasteiger partial charge >= 0.3 is 0 Å². The van der Waals surface area contributed by atoms with Gasteiger partial charge in [-0.1, -0.05) is 52.8 Å². The van der Waals surface area contributed by atoms with Crippen LogP contribution in [0.4, 0.5) is 0 Å². The van der Waals surface area contributed by atoms with Crippen molar-refractivity contribution >= 4 is 0 Å². The Kier molecular flexibility index (Phi) is 10.7. The zero-order valence-corrected chi connectivity index (χ0v) is 24.1. The van der Waals surface area contributed by atoms with Crippen LogP contribution in [0.2, 0.25) is 0 Å². The summed E-state index contributed by atoms with van der Waals surface area (Å²) in [7, 11) is 1.68. The first-order valence-electron chi connectivity index (χ1n) is 14.8. The molecule has 3 aliphatic heterocycles. The number of fused-ring (bicyclic) bond motifs is 1. The van der Waals surface area contributed by atoms with Crippen molar-refractivity contribution in [2.45, 2.75) is 122 Å². The summed E-state index contributed by atoms with van der Waals surface area (Å²) in [4.78, 5) is 0. The summed E-state index contributed by atoms with van der Waals surface area (Å²) in [5.74, 6) is 1.90. The van der Waals surface area contributed by atoms with Crippen LogP contribution in [0.3, 0.4) is 0 Å². The van der Waals surface area contributed by atoms with Gasteiger partial charge in [0.15, 0.2) is 0 Å². The monoisotopic (exact) mass is 530 g/mol. The first-order valence-corrected chi connectivity index (χ1v) is 14.8. The molecular weight excluding hydrogens is 480 g/mol. The number of rotatable bonds is 11. The van der Waals surface area contributed by atoms with Gasteiger partial charge in [0.1, 0.15) is 5.75 Å². The minimum atomic E-state index is -0.112. The normalized spacial score (nSPS) is 37.6. The number of benzene rings is 1. The van der Waals surface area contributed by atoms with E-state index in [9.17, 15) is 5.11 Å². The van der Waals surface area contributed by atoms with E-state index in [1.807, 2.05) is 12.1 Å². The highest BCUT2D eigenvalue weighted by Crippen LogP contribution is 2.42. The minimum absolute atomic E-state index is 0.0339. The molecule has 0 bridgehead atoms. The third kappa shape index (κ3) is 7.00. The zero-order chi connectivity index (χ0) is 27.2. The van der Waals surface area contributed by atoms with Gasteiger partial charge in [0, 0.05) is 18.9 Å². The molecule has 6 nitrogen and oxygen atoms in total. The number of aliphatic hydroxyl groups is 1. The van der Waals surface area contributed by atoms with E-state index in [0.29, 0.717) is 18.4 Å². The highest BCUT2D eigenvalue weighted by atomic mass is 16.6. The van der Waals surface area contributed by atoms with Gasteiger partial charge < -0.3 is 28.8 Å². The van der Waals surface area contributed by atoms with Gasteiger partial charge in [-0.2, -0.15) is 0 Å². The van der Waals surface area contributed by atoms with Crippen molar-refractivity contribution < 1.29 is 28.8 Å². The summed E-state index contributed by atoms with van der Waals surface area (Å²) in [5, 5.41) is 9.34. The Bertz CT molecular complexity index is 871. The van der Waals surface area contributed by atoms with Crippen LogP contribution in [-0.2, 0) is 25.6 Å². The molecule has 38 heavy (non-hydrogen) atoms. The Hall–Kier alpha value is -1.44. The van der Waals surface area contributed by atoms with Crippen LogP contribution < -0.4 is 4.74 Å². The average molecular weight is 531 g/mol. The Morgan fingerprint density at radius 3 is 2.45 bits per heavy atom. The fraction of sp³-hybridized carbons (Fsp3) is 0.750. The Balaban J connectivity index is 1.51. The van der Waals surface area contributed by atoms with Gasteiger partial charge in [-0.3, -0.25) is 0 Å². The Morgan fingerprint density at radius 1 is 1.00 bits per heavy atom. The van der Waals surface area contributed by atoms with Crippen LogP contribution in [0.5, 0.6) is 5.75 Å². The van der Waals surface area contributed by atoms with Crippen molar-refractivity contribution in [3.05, 3.63) is 42.0 Å². The molecule has 3 heterocycles. The summed E-state index contributed by atoms with van der Waals surface area (Å²) < 4.78 is 32.1. The zero-order valence-electron chi connectivity index (χ0n) is 24.1. The number of methoxy groups -OCH3 is 1. The van der Waals surface area contributed by atoms with Crippen LogP contribution in [-0.4, -0.2) is 61.6 Å². The summed E-state index contributed by atoms with van der Waals surface area (Å²) >= 11 is 0. The highest BCUT2D eigenvalue weighted by Gasteiger charge is 2.50. The maximum atomic E-state index is 9.34. The molecule has 0 aliphatic carbocycles. The molecule has 0 amide bonds. The second-order valence-electron chi connectivity index (χ2n) is 11.9. The molecule has 0 aromatic heterocycles. The van der Waals surface area contributed by atoms with Crippen molar-refractivity contribution in [3.8, 4) is 5.75 Å². The molecule has 0 spiro atoms. The van der Waals surface area contributed by atoms with E-state index in [0.717, 1.165) is 61.8 Å². The summed E-state index contributed by atoms with van der Waals surface area (Å²) in [5.41, 5.74) is 2.26. The van der Waals surface area contributed by atoms with Gasteiger partial charge in [0.2, 0.25) is 0 Å². The lowest BCUT2D eigenvalue weighted by atomic mass is 9.78. The van der Waals surface area contributed by atoms with E-state index in [-0.39, 0.29) is 55.3 Å². The second kappa shape index (κ2) is 13.8. The van der Waals surface area contributed by atoms with Crippen molar-refractivity contribution in [1.29, 1.82) is 0 Å². The molecular formula is C32H50O6. The maximum Gasteiger partial charge on any atom is 0.118 e. The number of hydrogen-bond acceptors (Lipinski definition) is 6. The van der Waals surface area contributed by atoms with Crippen LogP contribution in [0, 0.1) is 17.8 Å². The van der Waals surface area contributed by atoms with E-state index in [1.54, 1.807) is 7.11 Å². The topological polar surface area (TPSA) is 66.4 Å². The summed E-state index contributed by atoms with van der Waals surface area (Å²) in [6.07, 6.45) is 6.79. The maximum absolute atomic E-state index is 9.34. The molecule has 1 aromatic carbocycles. The molecule has 1 aromatic rings. The molecule has 0 saturated carbocycles. The van der Waals surface area contributed by atoms with Crippen LogP contribution >= 0.6 is 0 Å².